The highest BCUT2D eigenvalue weighted by molar-refractivity contribution is 9.10. The molecule has 0 atom stereocenters. The van der Waals surface area contributed by atoms with Crippen LogP contribution in [0, 0.1) is 12.7 Å². The predicted octanol–water partition coefficient (Wildman–Crippen LogP) is 3.12. The maximum Gasteiger partial charge on any atom is 0.189 e. The Labute approximate surface area is 128 Å². The van der Waals surface area contributed by atoms with Crippen LogP contribution in [-0.4, -0.2) is 20.2 Å². The van der Waals surface area contributed by atoms with Crippen molar-refractivity contribution in [3.8, 4) is 17.1 Å². The maximum absolute atomic E-state index is 13.2. The van der Waals surface area contributed by atoms with Crippen molar-refractivity contribution in [1.82, 2.24) is 20.2 Å². The Morgan fingerprint density at radius 2 is 2.00 bits per heavy atom. The van der Waals surface area contributed by atoms with Crippen molar-refractivity contribution in [3.63, 3.8) is 0 Å². The second-order valence-electron chi connectivity index (χ2n) is 4.58. The van der Waals surface area contributed by atoms with E-state index in [1.807, 2.05) is 25.1 Å². The van der Waals surface area contributed by atoms with E-state index in [1.165, 1.54) is 12.1 Å². The van der Waals surface area contributed by atoms with E-state index in [0.29, 0.717) is 17.1 Å². The van der Waals surface area contributed by atoms with Crippen LogP contribution in [0.15, 0.2) is 40.9 Å². The number of benzene rings is 2. The maximum atomic E-state index is 13.2. The van der Waals surface area contributed by atoms with Crippen LogP contribution in [0.25, 0.3) is 17.1 Å². The fraction of sp³-hybridized carbons (Fsp3) is 0.0714. The quantitative estimate of drug-likeness (QED) is 0.723. The topological polar surface area (TPSA) is 69.6 Å². The third kappa shape index (κ3) is 2.52. The van der Waals surface area contributed by atoms with Gasteiger partial charge < -0.3 is 5.73 Å². The average molecular weight is 348 g/mol. The Morgan fingerprint density at radius 3 is 2.76 bits per heavy atom. The lowest BCUT2D eigenvalue weighted by Gasteiger charge is -2.09. The summed E-state index contributed by atoms with van der Waals surface area (Å²) in [6.45, 7) is 1.96. The zero-order valence-electron chi connectivity index (χ0n) is 11.1. The minimum atomic E-state index is -0.395. The number of tetrazole rings is 1. The van der Waals surface area contributed by atoms with Gasteiger partial charge in [-0.2, -0.15) is 4.68 Å². The van der Waals surface area contributed by atoms with Crippen LogP contribution in [-0.2, 0) is 0 Å². The zero-order valence-corrected chi connectivity index (χ0v) is 12.7. The zero-order chi connectivity index (χ0) is 15.0. The normalized spacial score (nSPS) is 10.8. The van der Waals surface area contributed by atoms with Gasteiger partial charge >= 0.3 is 0 Å². The molecular weight excluding hydrogens is 337 g/mol. The minimum absolute atomic E-state index is 0.290. The predicted molar refractivity (Wildman–Crippen MR) is 81.4 cm³/mol. The summed E-state index contributed by atoms with van der Waals surface area (Å²) in [5.74, 6) is 0.0719. The fourth-order valence-electron chi connectivity index (χ4n) is 2.07. The number of rotatable bonds is 2. The van der Waals surface area contributed by atoms with Gasteiger partial charge in [-0.25, -0.2) is 4.39 Å². The average Bonchev–Trinajstić information content (AvgIpc) is 2.90. The lowest BCUT2D eigenvalue weighted by molar-refractivity contribution is 0.628. The first-order valence-corrected chi connectivity index (χ1v) is 6.96. The molecule has 0 aliphatic heterocycles. The standard InChI is InChI=1S/C14H11BrFN5/c1-8-2-3-9(15)6-13(8)21-14(18-19-20-21)11-5-4-10(16)7-12(11)17/h2-7H,17H2,1H3. The first-order valence-electron chi connectivity index (χ1n) is 6.16. The largest absolute Gasteiger partial charge is 0.398 e. The molecule has 0 aliphatic rings. The summed E-state index contributed by atoms with van der Waals surface area (Å²) in [4.78, 5) is 0. The highest BCUT2D eigenvalue weighted by atomic mass is 79.9. The second kappa shape index (κ2) is 5.25. The van der Waals surface area contributed by atoms with Gasteiger partial charge in [0, 0.05) is 15.7 Å². The molecule has 0 fully saturated rings. The molecule has 2 N–H and O–H groups in total. The molecule has 2 aromatic carbocycles. The van der Waals surface area contributed by atoms with Crippen molar-refractivity contribution < 1.29 is 4.39 Å². The van der Waals surface area contributed by atoms with Gasteiger partial charge in [-0.3, -0.25) is 0 Å². The summed E-state index contributed by atoms with van der Waals surface area (Å²) in [6.07, 6.45) is 0. The molecule has 0 saturated carbocycles. The van der Waals surface area contributed by atoms with E-state index in [4.69, 9.17) is 5.73 Å². The first kappa shape index (κ1) is 13.7. The summed E-state index contributed by atoms with van der Waals surface area (Å²) in [6, 6.07) is 9.96. The first-order chi connectivity index (χ1) is 10.1. The molecule has 0 spiro atoms. The Bertz CT molecular complexity index is 815. The Morgan fingerprint density at radius 1 is 1.19 bits per heavy atom. The Kier molecular flexibility index (Phi) is 3.42. The second-order valence-corrected chi connectivity index (χ2v) is 5.49. The van der Waals surface area contributed by atoms with Crippen LogP contribution >= 0.6 is 15.9 Å². The molecule has 21 heavy (non-hydrogen) atoms. The fourth-order valence-corrected chi connectivity index (χ4v) is 2.41. The lowest BCUT2D eigenvalue weighted by atomic mass is 10.1. The van der Waals surface area contributed by atoms with E-state index in [1.54, 1.807) is 10.7 Å². The monoisotopic (exact) mass is 347 g/mol. The summed E-state index contributed by atoms with van der Waals surface area (Å²) in [5.41, 5.74) is 8.58. The number of aryl methyl sites for hydroxylation is 1. The molecule has 3 rings (SSSR count). The molecule has 5 nitrogen and oxygen atoms in total. The van der Waals surface area contributed by atoms with Gasteiger partial charge in [0.1, 0.15) is 5.82 Å². The van der Waals surface area contributed by atoms with E-state index < -0.39 is 5.82 Å². The number of nitrogens with zero attached hydrogens (tertiary/aromatic N) is 4. The molecule has 0 saturated heterocycles. The van der Waals surface area contributed by atoms with Crippen molar-refractivity contribution in [1.29, 1.82) is 0 Å². The van der Waals surface area contributed by atoms with Crippen LogP contribution in [0.2, 0.25) is 0 Å². The molecule has 3 aromatic rings. The minimum Gasteiger partial charge on any atom is -0.398 e. The van der Waals surface area contributed by atoms with Crippen molar-refractivity contribution in [2.45, 2.75) is 6.92 Å². The SMILES string of the molecule is Cc1ccc(Br)cc1-n1nnnc1-c1ccc(F)cc1N. The number of halogens is 2. The summed E-state index contributed by atoms with van der Waals surface area (Å²) in [5, 5.41) is 11.7. The summed E-state index contributed by atoms with van der Waals surface area (Å²) >= 11 is 3.43. The number of hydrogen-bond donors (Lipinski definition) is 1. The van der Waals surface area contributed by atoms with Crippen LogP contribution < -0.4 is 5.73 Å². The van der Waals surface area contributed by atoms with E-state index >= 15 is 0 Å². The molecule has 7 heteroatoms. The molecule has 1 aromatic heterocycles. The Balaban J connectivity index is 2.19. The summed E-state index contributed by atoms with van der Waals surface area (Å²) < 4.78 is 15.7. The van der Waals surface area contributed by atoms with E-state index in [9.17, 15) is 4.39 Å². The third-order valence-corrected chi connectivity index (χ3v) is 3.62. The van der Waals surface area contributed by atoms with Crippen molar-refractivity contribution in [2.75, 3.05) is 5.73 Å². The van der Waals surface area contributed by atoms with Gasteiger partial charge in [-0.15, -0.1) is 5.10 Å². The van der Waals surface area contributed by atoms with Gasteiger partial charge in [-0.1, -0.05) is 22.0 Å². The van der Waals surface area contributed by atoms with Gasteiger partial charge in [-0.05, 0) is 53.2 Å². The number of nitrogen functional groups attached to an aromatic ring is 1. The molecular formula is C14H11BrFN5. The third-order valence-electron chi connectivity index (χ3n) is 3.12. The van der Waals surface area contributed by atoms with Crippen molar-refractivity contribution >= 4 is 21.6 Å². The smallest absolute Gasteiger partial charge is 0.189 e. The van der Waals surface area contributed by atoms with Crippen LogP contribution in [0.4, 0.5) is 10.1 Å². The van der Waals surface area contributed by atoms with E-state index in [-0.39, 0.29) is 0 Å². The van der Waals surface area contributed by atoms with Crippen LogP contribution in [0.3, 0.4) is 0 Å². The van der Waals surface area contributed by atoms with E-state index in [2.05, 4.69) is 31.5 Å². The highest BCUT2D eigenvalue weighted by Crippen LogP contribution is 2.28. The Hall–Kier alpha value is -2.28. The number of nitrogens with two attached hydrogens (primary N) is 1. The summed E-state index contributed by atoms with van der Waals surface area (Å²) in [7, 11) is 0. The number of anilines is 1. The van der Waals surface area contributed by atoms with Crippen LogP contribution in [0.1, 0.15) is 5.56 Å². The molecule has 0 amide bonds. The molecule has 0 aliphatic carbocycles. The molecule has 1 heterocycles. The van der Waals surface area contributed by atoms with Gasteiger partial charge in [0.05, 0.1) is 5.69 Å². The van der Waals surface area contributed by atoms with E-state index in [0.717, 1.165) is 15.7 Å². The molecule has 0 bridgehead atoms. The van der Waals surface area contributed by atoms with Crippen molar-refractivity contribution in [2.24, 2.45) is 0 Å². The number of hydrogen-bond acceptors (Lipinski definition) is 4. The van der Waals surface area contributed by atoms with Gasteiger partial charge in [0.2, 0.25) is 0 Å². The van der Waals surface area contributed by atoms with Gasteiger partial charge in [0.25, 0.3) is 0 Å². The lowest BCUT2D eigenvalue weighted by Crippen LogP contribution is -2.03. The molecule has 106 valence electrons. The van der Waals surface area contributed by atoms with Crippen molar-refractivity contribution in [3.05, 3.63) is 52.3 Å². The highest BCUT2D eigenvalue weighted by Gasteiger charge is 2.15. The number of aromatic nitrogens is 4. The van der Waals surface area contributed by atoms with Gasteiger partial charge in [0.15, 0.2) is 5.82 Å². The molecule has 0 unspecified atom stereocenters. The van der Waals surface area contributed by atoms with Crippen LogP contribution in [0.5, 0.6) is 0 Å². The molecule has 0 radical (unpaired) electrons.